The van der Waals surface area contributed by atoms with E-state index in [0.717, 1.165) is 35.6 Å². The van der Waals surface area contributed by atoms with Crippen molar-refractivity contribution in [1.29, 1.82) is 0 Å². The number of hydrogen-bond donors (Lipinski definition) is 1. The predicted octanol–water partition coefficient (Wildman–Crippen LogP) is 5.07. The average Bonchev–Trinajstić information content (AvgIpc) is 2.69. The van der Waals surface area contributed by atoms with Crippen molar-refractivity contribution in [1.82, 2.24) is 5.32 Å². The van der Waals surface area contributed by atoms with Gasteiger partial charge in [0.1, 0.15) is 6.54 Å². The zero-order valence-electron chi connectivity index (χ0n) is 17.3. The molecule has 3 rings (SSSR count). The molecule has 0 heterocycles. The molecule has 0 spiro atoms. The van der Waals surface area contributed by atoms with Crippen molar-refractivity contribution in [2.24, 2.45) is 0 Å². The summed E-state index contributed by atoms with van der Waals surface area (Å²) in [6.45, 7) is 1.63. The van der Waals surface area contributed by atoms with Crippen LogP contribution in [0.2, 0.25) is 5.02 Å². The Morgan fingerprint density at radius 1 is 0.967 bits per heavy atom. The van der Waals surface area contributed by atoms with Crippen LogP contribution >= 0.6 is 11.6 Å². The highest BCUT2D eigenvalue weighted by Crippen LogP contribution is 2.25. The molecule has 7 heteroatoms. The predicted molar refractivity (Wildman–Crippen MR) is 121 cm³/mol. The lowest BCUT2D eigenvalue weighted by Gasteiger charge is -2.26. The van der Waals surface area contributed by atoms with E-state index < -0.39 is 10.0 Å². The molecule has 0 atom stereocenters. The number of carbonyl (C=O) groups excluding carboxylic acids is 1. The van der Waals surface area contributed by atoms with E-state index in [9.17, 15) is 13.2 Å². The largest absolute Gasteiger partial charge is 0.352 e. The number of nitrogens with zero attached hydrogens (tertiary/aromatic N) is 1. The first-order valence-corrected chi connectivity index (χ1v) is 12.3. The standard InChI is InChI=1S/C23H29ClN2O3S/c1-18-9-15-22(16-10-18)30(28,29)26(21-13-11-19(24)12-14-21)17-23(27)25-20-7-5-3-2-4-6-8-20/h9-16,20H,2-8,17H2,1H3,(H,25,27). The number of benzene rings is 2. The zero-order valence-corrected chi connectivity index (χ0v) is 18.9. The summed E-state index contributed by atoms with van der Waals surface area (Å²) in [5.74, 6) is -0.286. The Kier molecular flexibility index (Phi) is 7.78. The number of halogens is 1. The minimum atomic E-state index is -3.90. The van der Waals surface area contributed by atoms with Crippen molar-refractivity contribution in [2.45, 2.75) is 62.8 Å². The van der Waals surface area contributed by atoms with Gasteiger partial charge >= 0.3 is 0 Å². The molecule has 2 aromatic carbocycles. The van der Waals surface area contributed by atoms with Gasteiger partial charge in [0.2, 0.25) is 5.91 Å². The third-order valence-corrected chi connectivity index (χ3v) is 7.52. The molecule has 1 fully saturated rings. The molecule has 1 amide bonds. The Morgan fingerprint density at radius 2 is 1.53 bits per heavy atom. The molecule has 0 saturated heterocycles. The highest BCUT2D eigenvalue weighted by molar-refractivity contribution is 7.92. The van der Waals surface area contributed by atoms with Gasteiger partial charge in [-0.05, 0) is 56.2 Å². The summed E-state index contributed by atoms with van der Waals surface area (Å²) in [6.07, 6.45) is 7.69. The molecule has 162 valence electrons. The Labute approximate surface area is 184 Å². The van der Waals surface area contributed by atoms with Gasteiger partial charge in [0, 0.05) is 11.1 Å². The van der Waals surface area contributed by atoms with Gasteiger partial charge in [0.05, 0.1) is 10.6 Å². The van der Waals surface area contributed by atoms with Gasteiger partial charge in [-0.2, -0.15) is 0 Å². The minimum Gasteiger partial charge on any atom is -0.352 e. The highest BCUT2D eigenvalue weighted by atomic mass is 35.5. The highest BCUT2D eigenvalue weighted by Gasteiger charge is 2.28. The first-order valence-electron chi connectivity index (χ1n) is 10.5. The van der Waals surface area contributed by atoms with Crippen LogP contribution in [0.1, 0.15) is 50.5 Å². The number of hydrogen-bond acceptors (Lipinski definition) is 3. The van der Waals surface area contributed by atoms with E-state index in [-0.39, 0.29) is 23.4 Å². The number of carbonyl (C=O) groups is 1. The van der Waals surface area contributed by atoms with Gasteiger partial charge in [0.25, 0.3) is 10.0 Å². The van der Waals surface area contributed by atoms with Crippen LogP contribution in [-0.2, 0) is 14.8 Å². The molecule has 2 aromatic rings. The summed E-state index contributed by atoms with van der Waals surface area (Å²) in [5.41, 5.74) is 1.38. The van der Waals surface area contributed by atoms with Gasteiger partial charge in [-0.25, -0.2) is 8.42 Å². The quantitative estimate of drug-likeness (QED) is 0.670. The van der Waals surface area contributed by atoms with Gasteiger partial charge in [-0.15, -0.1) is 0 Å². The molecule has 5 nitrogen and oxygen atoms in total. The van der Waals surface area contributed by atoms with Crippen molar-refractivity contribution < 1.29 is 13.2 Å². The summed E-state index contributed by atoms with van der Waals surface area (Å²) < 4.78 is 27.9. The molecule has 0 radical (unpaired) electrons. The van der Waals surface area contributed by atoms with Crippen LogP contribution < -0.4 is 9.62 Å². The Balaban J connectivity index is 1.83. The first kappa shape index (κ1) is 22.6. The molecule has 1 aliphatic rings. The second kappa shape index (κ2) is 10.3. The van der Waals surface area contributed by atoms with Crippen LogP contribution in [0.15, 0.2) is 53.4 Å². The van der Waals surface area contributed by atoms with Gasteiger partial charge in [-0.1, -0.05) is 61.4 Å². The molecule has 1 aliphatic carbocycles. The maximum atomic E-state index is 13.4. The molecule has 1 saturated carbocycles. The number of anilines is 1. The fourth-order valence-corrected chi connectivity index (χ4v) is 5.31. The van der Waals surface area contributed by atoms with E-state index >= 15 is 0 Å². The zero-order chi connectivity index (χ0) is 21.6. The van der Waals surface area contributed by atoms with Gasteiger partial charge < -0.3 is 5.32 Å². The van der Waals surface area contributed by atoms with Crippen molar-refractivity contribution in [3.63, 3.8) is 0 Å². The van der Waals surface area contributed by atoms with Crippen LogP contribution in [0.3, 0.4) is 0 Å². The lowest BCUT2D eigenvalue weighted by molar-refractivity contribution is -0.120. The van der Waals surface area contributed by atoms with Gasteiger partial charge in [0.15, 0.2) is 0 Å². The molecule has 0 aliphatic heterocycles. The monoisotopic (exact) mass is 448 g/mol. The third kappa shape index (κ3) is 5.99. The Morgan fingerprint density at radius 3 is 2.13 bits per heavy atom. The smallest absolute Gasteiger partial charge is 0.264 e. The summed E-state index contributed by atoms with van der Waals surface area (Å²) in [5, 5.41) is 3.56. The molecular formula is C23H29ClN2O3S. The lowest BCUT2D eigenvalue weighted by atomic mass is 9.97. The van der Waals surface area contributed by atoms with E-state index in [4.69, 9.17) is 11.6 Å². The minimum absolute atomic E-state index is 0.104. The van der Waals surface area contributed by atoms with Crippen LogP contribution in [0.4, 0.5) is 5.69 Å². The van der Waals surface area contributed by atoms with E-state index in [2.05, 4.69) is 5.32 Å². The second-order valence-electron chi connectivity index (χ2n) is 7.91. The summed E-state index contributed by atoms with van der Waals surface area (Å²) in [4.78, 5) is 13.0. The number of nitrogens with one attached hydrogen (secondary N) is 1. The van der Waals surface area contributed by atoms with Crippen molar-refractivity contribution in [2.75, 3.05) is 10.8 Å². The fraction of sp³-hybridized carbons (Fsp3) is 0.435. The molecule has 0 bridgehead atoms. The van der Waals surface area contributed by atoms with Crippen molar-refractivity contribution in [3.8, 4) is 0 Å². The van der Waals surface area contributed by atoms with Crippen molar-refractivity contribution >= 4 is 33.2 Å². The van der Waals surface area contributed by atoms with Crippen LogP contribution in [-0.4, -0.2) is 26.9 Å². The Bertz CT molecular complexity index is 935. The number of sulfonamides is 1. The lowest BCUT2D eigenvalue weighted by Crippen LogP contribution is -2.44. The van der Waals surface area contributed by atoms with Crippen LogP contribution in [0, 0.1) is 6.92 Å². The second-order valence-corrected chi connectivity index (χ2v) is 10.2. The first-order chi connectivity index (χ1) is 14.4. The average molecular weight is 449 g/mol. The van der Waals surface area contributed by atoms with Crippen molar-refractivity contribution in [3.05, 3.63) is 59.1 Å². The van der Waals surface area contributed by atoms with Crippen LogP contribution in [0.5, 0.6) is 0 Å². The molecule has 0 aromatic heterocycles. The fourth-order valence-electron chi connectivity index (χ4n) is 3.76. The summed E-state index contributed by atoms with van der Waals surface area (Å²) >= 11 is 5.98. The molecule has 1 N–H and O–H groups in total. The number of aryl methyl sites for hydroxylation is 1. The van der Waals surface area contributed by atoms with E-state index in [0.29, 0.717) is 10.7 Å². The normalized spacial score (nSPS) is 15.8. The van der Waals surface area contributed by atoms with Gasteiger partial charge in [-0.3, -0.25) is 9.10 Å². The topological polar surface area (TPSA) is 66.5 Å². The molecule has 0 unspecified atom stereocenters. The number of rotatable bonds is 6. The maximum absolute atomic E-state index is 13.4. The molecule has 30 heavy (non-hydrogen) atoms. The van der Waals surface area contributed by atoms with E-state index in [1.165, 1.54) is 19.3 Å². The summed E-state index contributed by atoms with van der Waals surface area (Å²) in [7, 11) is -3.90. The van der Waals surface area contributed by atoms with E-state index in [1.54, 1.807) is 48.5 Å². The third-order valence-electron chi connectivity index (χ3n) is 5.48. The SMILES string of the molecule is Cc1ccc(S(=O)(=O)N(CC(=O)NC2CCCCCCC2)c2ccc(Cl)cc2)cc1. The molecular weight excluding hydrogens is 420 g/mol. The number of amides is 1. The summed E-state index contributed by atoms with van der Waals surface area (Å²) in [6, 6.07) is 13.2. The van der Waals surface area contributed by atoms with Crippen LogP contribution in [0.25, 0.3) is 0 Å². The van der Waals surface area contributed by atoms with E-state index in [1.807, 2.05) is 6.92 Å². The Hall–Kier alpha value is -2.05. The maximum Gasteiger partial charge on any atom is 0.264 e.